The molecule has 0 amide bonds. The first kappa shape index (κ1) is 7.63. The minimum absolute atomic E-state index is 0.367. The van der Waals surface area contributed by atoms with Gasteiger partial charge in [0, 0.05) is 0 Å². The molecule has 9 heavy (non-hydrogen) atoms. The zero-order chi connectivity index (χ0) is 7.28. The Hall–Kier alpha value is -1.37. The van der Waals surface area contributed by atoms with E-state index in [0.717, 1.165) is 0 Å². The van der Waals surface area contributed by atoms with E-state index in [2.05, 4.69) is 15.2 Å². The van der Waals surface area contributed by atoms with Crippen molar-refractivity contribution in [2.24, 2.45) is 10.3 Å². The van der Waals surface area contributed by atoms with E-state index >= 15 is 0 Å². The second kappa shape index (κ2) is 3.61. The smallest absolute Gasteiger partial charge is 0.144 e. The van der Waals surface area contributed by atoms with Crippen molar-refractivity contribution in [3.63, 3.8) is 0 Å². The third kappa shape index (κ3) is 2.44. The van der Waals surface area contributed by atoms with Gasteiger partial charge in [-0.05, 0) is 13.8 Å². The molecular formula is C5H7N3O. The summed E-state index contributed by atoms with van der Waals surface area (Å²) in [6.07, 6.45) is 0. The molecule has 0 rings (SSSR count). The van der Waals surface area contributed by atoms with Crippen LogP contribution in [0.4, 0.5) is 0 Å². The predicted octanol–water partition coefficient (Wildman–Crippen LogP) is 1.13. The van der Waals surface area contributed by atoms with E-state index in [0.29, 0.717) is 11.4 Å². The third-order valence-corrected chi connectivity index (χ3v) is 0.874. The Balaban J connectivity index is 4.25. The summed E-state index contributed by atoms with van der Waals surface area (Å²) < 4.78 is 0. The van der Waals surface area contributed by atoms with Gasteiger partial charge in [-0.15, -0.1) is 4.95 Å². The van der Waals surface area contributed by atoms with Crippen molar-refractivity contribution < 1.29 is 5.21 Å². The molecule has 0 saturated heterocycles. The maximum absolute atomic E-state index is 8.14. The van der Waals surface area contributed by atoms with Gasteiger partial charge in [0.05, 0.1) is 5.10 Å². The van der Waals surface area contributed by atoms with Gasteiger partial charge >= 0.3 is 0 Å². The highest BCUT2D eigenvalue weighted by Crippen LogP contribution is 1.82. The predicted molar refractivity (Wildman–Crippen MR) is 34.6 cm³/mol. The van der Waals surface area contributed by atoms with Crippen molar-refractivity contribution >= 4 is 11.4 Å². The number of nitrogens with zero attached hydrogens (tertiary/aromatic N) is 3. The molecule has 1 N–H and O–H groups in total. The zero-order valence-electron chi connectivity index (χ0n) is 5.29. The van der Waals surface area contributed by atoms with Gasteiger partial charge in [-0.2, -0.15) is 6.57 Å². The van der Waals surface area contributed by atoms with E-state index in [4.69, 9.17) is 11.8 Å². The molecule has 48 valence electrons. The van der Waals surface area contributed by atoms with Crippen molar-refractivity contribution in [1.82, 2.24) is 0 Å². The molecule has 0 aliphatic carbocycles. The largest absolute Gasteiger partial charge is 0.411 e. The van der Waals surface area contributed by atoms with E-state index < -0.39 is 0 Å². The molecule has 0 atom stereocenters. The normalized spacial score (nSPS) is 13.0. The summed E-state index contributed by atoms with van der Waals surface area (Å²) in [5, 5.41) is 14.3. The van der Waals surface area contributed by atoms with Gasteiger partial charge in [-0.25, -0.2) is 0 Å². The van der Waals surface area contributed by atoms with Crippen LogP contribution >= 0.6 is 0 Å². The van der Waals surface area contributed by atoms with Gasteiger partial charge in [0.1, 0.15) is 11.4 Å². The first-order chi connectivity index (χ1) is 4.22. The molecule has 0 bridgehead atoms. The third-order valence-electron chi connectivity index (χ3n) is 0.874. The fraction of sp³-hybridized carbons (Fsp3) is 0.400. The summed E-state index contributed by atoms with van der Waals surface area (Å²) in [6, 6.07) is 0. The van der Waals surface area contributed by atoms with Crippen LogP contribution in [0.3, 0.4) is 0 Å². The number of hydrogen-bond acceptors (Lipinski definition) is 3. The summed E-state index contributed by atoms with van der Waals surface area (Å²) in [5.74, 6) is 0. The fourth-order valence-corrected chi connectivity index (χ4v) is 0.220. The van der Waals surface area contributed by atoms with Crippen LogP contribution in [0, 0.1) is 6.57 Å². The van der Waals surface area contributed by atoms with Crippen molar-refractivity contribution in [2.45, 2.75) is 13.8 Å². The molecule has 0 unspecified atom stereocenters. The van der Waals surface area contributed by atoms with E-state index in [-0.39, 0.29) is 0 Å². The molecule has 0 saturated carbocycles. The molecule has 0 spiro atoms. The quantitative estimate of drug-likeness (QED) is 0.243. The monoisotopic (exact) mass is 125 g/mol. The lowest BCUT2D eigenvalue weighted by molar-refractivity contribution is 0.320. The second-order valence-electron chi connectivity index (χ2n) is 1.47. The van der Waals surface area contributed by atoms with Crippen LogP contribution in [0.15, 0.2) is 10.3 Å². The van der Waals surface area contributed by atoms with Gasteiger partial charge in [0.2, 0.25) is 0 Å². The van der Waals surface area contributed by atoms with E-state index in [1.165, 1.54) is 0 Å². The molecule has 4 nitrogen and oxygen atoms in total. The molecule has 0 aromatic heterocycles. The highest BCUT2D eigenvalue weighted by atomic mass is 16.4. The Morgan fingerprint density at radius 2 is 2.00 bits per heavy atom. The summed E-state index contributed by atoms with van der Waals surface area (Å²) in [4.78, 5) is 2.75. The molecule has 4 heteroatoms. The van der Waals surface area contributed by atoms with Gasteiger partial charge in [-0.1, -0.05) is 5.16 Å². The standard InChI is InChI=1S/C5H7N3O/c1-4(7-6-3)5(2)8-9/h9H,1-2H3/b7-4-,8-5-. The molecule has 0 radical (unpaired) electrons. The molecule has 0 heterocycles. The highest BCUT2D eigenvalue weighted by molar-refractivity contribution is 6.40. The van der Waals surface area contributed by atoms with Crippen LogP contribution in [0.1, 0.15) is 13.8 Å². The van der Waals surface area contributed by atoms with Crippen LogP contribution in [0.2, 0.25) is 0 Å². The van der Waals surface area contributed by atoms with Crippen molar-refractivity contribution in [2.75, 3.05) is 0 Å². The fourth-order valence-electron chi connectivity index (χ4n) is 0.220. The van der Waals surface area contributed by atoms with E-state index in [1.807, 2.05) is 0 Å². The lowest BCUT2D eigenvalue weighted by Crippen LogP contribution is -2.03. The molecule has 0 aliphatic rings. The Morgan fingerprint density at radius 1 is 1.44 bits per heavy atom. The van der Waals surface area contributed by atoms with Crippen molar-refractivity contribution in [1.29, 1.82) is 0 Å². The number of rotatable bonds is 1. The van der Waals surface area contributed by atoms with Crippen LogP contribution in [-0.2, 0) is 0 Å². The van der Waals surface area contributed by atoms with Crippen LogP contribution in [0.25, 0.3) is 4.95 Å². The van der Waals surface area contributed by atoms with Gasteiger partial charge in [0.25, 0.3) is 0 Å². The molecule has 0 aromatic rings. The molecular weight excluding hydrogens is 118 g/mol. The van der Waals surface area contributed by atoms with Crippen LogP contribution in [-0.4, -0.2) is 16.6 Å². The minimum atomic E-state index is 0.367. The average molecular weight is 125 g/mol. The summed E-state index contributed by atoms with van der Waals surface area (Å²) in [5.41, 5.74) is 0.804. The van der Waals surface area contributed by atoms with Crippen LogP contribution < -0.4 is 0 Å². The maximum Gasteiger partial charge on any atom is 0.144 e. The Morgan fingerprint density at radius 3 is 2.33 bits per heavy atom. The SMILES string of the molecule is [C-]#[N+]/N=C(C)\C(C)=N/O. The van der Waals surface area contributed by atoms with Crippen molar-refractivity contribution in [3.05, 3.63) is 11.5 Å². The van der Waals surface area contributed by atoms with Gasteiger partial charge < -0.3 is 5.21 Å². The Kier molecular flexibility index (Phi) is 3.06. The topological polar surface area (TPSA) is 49.3 Å². The van der Waals surface area contributed by atoms with E-state index in [1.54, 1.807) is 13.8 Å². The zero-order valence-corrected chi connectivity index (χ0v) is 5.29. The maximum atomic E-state index is 8.14. The Labute approximate surface area is 53.3 Å². The summed E-state index contributed by atoms with van der Waals surface area (Å²) in [7, 11) is 0. The minimum Gasteiger partial charge on any atom is -0.411 e. The highest BCUT2D eigenvalue weighted by Gasteiger charge is 1.97. The van der Waals surface area contributed by atoms with Crippen molar-refractivity contribution in [3.8, 4) is 0 Å². The molecule has 0 fully saturated rings. The van der Waals surface area contributed by atoms with Gasteiger partial charge in [-0.3, -0.25) is 0 Å². The molecule has 0 aromatic carbocycles. The first-order valence-electron chi connectivity index (χ1n) is 2.32. The number of hydrogen-bond donors (Lipinski definition) is 1. The molecule has 0 aliphatic heterocycles. The van der Waals surface area contributed by atoms with E-state index in [9.17, 15) is 0 Å². The first-order valence-corrected chi connectivity index (χ1v) is 2.32. The summed E-state index contributed by atoms with van der Waals surface area (Å²) in [6.45, 7) is 9.48. The van der Waals surface area contributed by atoms with Gasteiger partial charge in [0.15, 0.2) is 0 Å². The lowest BCUT2D eigenvalue weighted by atomic mass is 10.3. The summed E-state index contributed by atoms with van der Waals surface area (Å²) >= 11 is 0. The second-order valence-corrected chi connectivity index (χ2v) is 1.47. The number of oxime groups is 1. The van der Waals surface area contributed by atoms with Crippen LogP contribution in [0.5, 0.6) is 0 Å². The Bertz CT molecular complexity index is 187. The average Bonchev–Trinajstić information content (AvgIpc) is 1.87. The lowest BCUT2D eigenvalue weighted by Gasteiger charge is -1.85.